The topological polar surface area (TPSA) is 62.2 Å². The van der Waals surface area contributed by atoms with Crippen molar-refractivity contribution >= 4 is 27.7 Å². The Bertz CT molecular complexity index is 352. The van der Waals surface area contributed by atoms with Crippen molar-refractivity contribution in [3.05, 3.63) is 22.8 Å². The molecule has 1 rings (SSSR count). The van der Waals surface area contributed by atoms with Crippen LogP contribution in [-0.2, 0) is 4.79 Å². The first-order valence-electron chi connectivity index (χ1n) is 5.10. The van der Waals surface area contributed by atoms with Crippen molar-refractivity contribution in [2.45, 2.75) is 26.3 Å². The second-order valence-corrected chi connectivity index (χ2v) is 4.94. The minimum absolute atomic E-state index is 0.323. The van der Waals surface area contributed by atoms with Crippen LogP contribution in [-0.4, -0.2) is 22.1 Å². The number of carbonyl (C=O) groups is 1. The minimum Gasteiger partial charge on any atom is -0.480 e. The fraction of sp³-hybridized carbons (Fsp3) is 0.455. The zero-order chi connectivity index (χ0) is 12.1. The summed E-state index contributed by atoms with van der Waals surface area (Å²) in [5.41, 5.74) is 0. The summed E-state index contributed by atoms with van der Waals surface area (Å²) in [4.78, 5) is 15.1. The summed E-state index contributed by atoms with van der Waals surface area (Å²) in [5.74, 6) is 0.0544. The van der Waals surface area contributed by atoms with Crippen LogP contribution in [0.1, 0.15) is 20.3 Å². The number of halogens is 1. The molecule has 5 heteroatoms. The molecular weight excluding hydrogens is 272 g/mol. The number of hydrogen-bond donors (Lipinski definition) is 2. The van der Waals surface area contributed by atoms with Gasteiger partial charge in [-0.2, -0.15) is 0 Å². The van der Waals surface area contributed by atoms with Gasteiger partial charge in [-0.05, 0) is 40.4 Å². The predicted molar refractivity (Wildman–Crippen MR) is 66.4 cm³/mol. The van der Waals surface area contributed by atoms with Crippen molar-refractivity contribution in [2.75, 3.05) is 5.32 Å². The first-order valence-corrected chi connectivity index (χ1v) is 5.89. The molecule has 0 bridgehead atoms. The zero-order valence-electron chi connectivity index (χ0n) is 9.27. The van der Waals surface area contributed by atoms with E-state index in [0.29, 0.717) is 18.2 Å². The highest BCUT2D eigenvalue weighted by Crippen LogP contribution is 2.14. The molecule has 2 N–H and O–H groups in total. The Balaban J connectivity index is 2.68. The molecule has 88 valence electrons. The van der Waals surface area contributed by atoms with E-state index in [1.54, 1.807) is 12.3 Å². The number of hydrogen-bond acceptors (Lipinski definition) is 3. The van der Waals surface area contributed by atoms with Gasteiger partial charge >= 0.3 is 5.97 Å². The molecule has 0 aliphatic carbocycles. The van der Waals surface area contributed by atoms with E-state index in [1.807, 2.05) is 19.9 Å². The molecule has 0 radical (unpaired) electrons. The highest BCUT2D eigenvalue weighted by molar-refractivity contribution is 9.10. The monoisotopic (exact) mass is 286 g/mol. The first kappa shape index (κ1) is 13.0. The van der Waals surface area contributed by atoms with Gasteiger partial charge in [0.15, 0.2) is 0 Å². The molecule has 1 aromatic rings. The van der Waals surface area contributed by atoms with Crippen LogP contribution in [0.15, 0.2) is 22.8 Å². The summed E-state index contributed by atoms with van der Waals surface area (Å²) in [7, 11) is 0. The van der Waals surface area contributed by atoms with Crippen molar-refractivity contribution < 1.29 is 9.90 Å². The average Bonchev–Trinajstić information content (AvgIpc) is 2.19. The van der Waals surface area contributed by atoms with Crippen molar-refractivity contribution in [2.24, 2.45) is 5.92 Å². The van der Waals surface area contributed by atoms with E-state index in [2.05, 4.69) is 26.2 Å². The lowest BCUT2D eigenvalue weighted by molar-refractivity contribution is -0.138. The Kier molecular flexibility index (Phi) is 4.73. The maximum atomic E-state index is 11.0. The van der Waals surface area contributed by atoms with Gasteiger partial charge in [0.2, 0.25) is 0 Å². The molecule has 0 spiro atoms. The SMILES string of the molecule is CC(C)C[C@H](Nc1ccc(Br)cn1)C(=O)O. The predicted octanol–water partition coefficient (Wildman–Crippen LogP) is 2.76. The van der Waals surface area contributed by atoms with Gasteiger partial charge in [0, 0.05) is 10.7 Å². The molecule has 16 heavy (non-hydrogen) atoms. The highest BCUT2D eigenvalue weighted by Gasteiger charge is 2.18. The van der Waals surface area contributed by atoms with E-state index >= 15 is 0 Å². The number of nitrogens with one attached hydrogen (secondary N) is 1. The molecule has 1 heterocycles. The third-order valence-electron chi connectivity index (χ3n) is 2.05. The van der Waals surface area contributed by atoms with E-state index in [0.717, 1.165) is 4.47 Å². The summed E-state index contributed by atoms with van der Waals surface area (Å²) in [5, 5.41) is 11.9. The largest absolute Gasteiger partial charge is 0.480 e. The maximum Gasteiger partial charge on any atom is 0.326 e. The third kappa shape index (κ3) is 4.18. The molecule has 0 aliphatic heterocycles. The maximum absolute atomic E-state index is 11.0. The van der Waals surface area contributed by atoms with Gasteiger partial charge in [0.05, 0.1) is 0 Å². The molecular formula is C11H15BrN2O2. The lowest BCUT2D eigenvalue weighted by atomic mass is 10.0. The minimum atomic E-state index is -0.849. The molecule has 0 saturated carbocycles. The van der Waals surface area contributed by atoms with E-state index in [9.17, 15) is 4.79 Å². The summed E-state index contributed by atoms with van der Waals surface area (Å²) in [6, 6.07) is 2.98. The number of pyridine rings is 1. The molecule has 0 amide bonds. The lowest BCUT2D eigenvalue weighted by Gasteiger charge is -2.16. The van der Waals surface area contributed by atoms with Crippen LogP contribution in [0.3, 0.4) is 0 Å². The standard InChI is InChI=1S/C11H15BrN2O2/c1-7(2)5-9(11(15)16)14-10-4-3-8(12)6-13-10/h3-4,6-7,9H,5H2,1-2H3,(H,13,14)(H,15,16)/t9-/m0/s1. The van der Waals surface area contributed by atoms with Gasteiger partial charge in [0.25, 0.3) is 0 Å². The quantitative estimate of drug-likeness (QED) is 0.874. The Hall–Kier alpha value is -1.10. The van der Waals surface area contributed by atoms with E-state index in [4.69, 9.17) is 5.11 Å². The molecule has 1 atom stereocenters. The van der Waals surface area contributed by atoms with Crippen LogP contribution in [0.5, 0.6) is 0 Å². The smallest absolute Gasteiger partial charge is 0.326 e. The zero-order valence-corrected chi connectivity index (χ0v) is 10.9. The van der Waals surface area contributed by atoms with Crippen molar-refractivity contribution in [3.63, 3.8) is 0 Å². The number of carboxylic acids is 1. The lowest BCUT2D eigenvalue weighted by Crippen LogP contribution is -2.31. The number of carboxylic acid groups (broad SMARTS) is 1. The van der Waals surface area contributed by atoms with Crippen molar-refractivity contribution in [3.8, 4) is 0 Å². The van der Waals surface area contributed by atoms with Gasteiger partial charge < -0.3 is 10.4 Å². The second kappa shape index (κ2) is 5.84. The molecule has 0 aromatic carbocycles. The van der Waals surface area contributed by atoms with E-state index in [-0.39, 0.29) is 0 Å². The van der Waals surface area contributed by atoms with Gasteiger partial charge in [-0.25, -0.2) is 9.78 Å². The number of nitrogens with zero attached hydrogens (tertiary/aromatic N) is 1. The van der Waals surface area contributed by atoms with Crippen molar-refractivity contribution in [1.82, 2.24) is 4.98 Å². The molecule has 0 saturated heterocycles. The summed E-state index contributed by atoms with van der Waals surface area (Å²) < 4.78 is 0.869. The van der Waals surface area contributed by atoms with Gasteiger partial charge in [-0.15, -0.1) is 0 Å². The molecule has 0 aliphatic rings. The molecule has 1 aromatic heterocycles. The number of anilines is 1. The van der Waals surface area contributed by atoms with Crippen LogP contribution < -0.4 is 5.32 Å². The Morgan fingerprint density at radius 3 is 2.69 bits per heavy atom. The van der Waals surface area contributed by atoms with E-state index in [1.165, 1.54) is 0 Å². The third-order valence-corrected chi connectivity index (χ3v) is 2.52. The Morgan fingerprint density at radius 1 is 1.56 bits per heavy atom. The first-order chi connectivity index (χ1) is 7.49. The average molecular weight is 287 g/mol. The van der Waals surface area contributed by atoms with Gasteiger partial charge in [-0.3, -0.25) is 0 Å². The number of aromatic nitrogens is 1. The normalized spacial score (nSPS) is 12.5. The number of rotatable bonds is 5. The Morgan fingerprint density at radius 2 is 2.25 bits per heavy atom. The van der Waals surface area contributed by atoms with Gasteiger partial charge in [-0.1, -0.05) is 13.8 Å². The van der Waals surface area contributed by atoms with Crippen molar-refractivity contribution in [1.29, 1.82) is 0 Å². The van der Waals surface area contributed by atoms with Crippen LogP contribution in [0, 0.1) is 5.92 Å². The summed E-state index contributed by atoms with van der Waals surface area (Å²) in [6.07, 6.45) is 2.21. The van der Waals surface area contributed by atoms with Crippen LogP contribution in [0.4, 0.5) is 5.82 Å². The molecule has 0 fully saturated rings. The Labute approximate surface area is 103 Å². The highest BCUT2D eigenvalue weighted by atomic mass is 79.9. The second-order valence-electron chi connectivity index (χ2n) is 4.03. The molecule has 4 nitrogen and oxygen atoms in total. The summed E-state index contributed by atoms with van der Waals surface area (Å²) >= 11 is 3.27. The van der Waals surface area contributed by atoms with Crippen LogP contribution in [0.2, 0.25) is 0 Å². The molecule has 0 unspecified atom stereocenters. The van der Waals surface area contributed by atoms with Gasteiger partial charge in [0.1, 0.15) is 11.9 Å². The fourth-order valence-electron chi connectivity index (χ4n) is 1.33. The summed E-state index contributed by atoms with van der Waals surface area (Å²) in [6.45, 7) is 3.99. The van der Waals surface area contributed by atoms with Crippen LogP contribution in [0.25, 0.3) is 0 Å². The van der Waals surface area contributed by atoms with E-state index < -0.39 is 12.0 Å². The number of aliphatic carboxylic acids is 1. The fourth-order valence-corrected chi connectivity index (χ4v) is 1.57. The van der Waals surface area contributed by atoms with Crippen LogP contribution >= 0.6 is 15.9 Å².